The van der Waals surface area contributed by atoms with Gasteiger partial charge in [0.25, 0.3) is 10.0 Å². The first-order valence-corrected chi connectivity index (χ1v) is 17.8. The summed E-state index contributed by atoms with van der Waals surface area (Å²) < 4.78 is 44.5. The molecule has 46 heavy (non-hydrogen) atoms. The van der Waals surface area contributed by atoms with Crippen LogP contribution in [0.25, 0.3) is 0 Å². The summed E-state index contributed by atoms with van der Waals surface area (Å²) in [7, 11) is -4.23. The minimum Gasteiger partial charge on any atom is -0.352 e. The third kappa shape index (κ3) is 8.76. The van der Waals surface area contributed by atoms with Gasteiger partial charge in [-0.05, 0) is 74.6 Å². The first-order chi connectivity index (χ1) is 22.0. The van der Waals surface area contributed by atoms with Crippen molar-refractivity contribution < 1.29 is 22.4 Å². The molecular formula is C36H40FN3O4S2. The number of anilines is 1. The fourth-order valence-electron chi connectivity index (χ4n) is 4.92. The quantitative estimate of drug-likeness (QED) is 0.154. The number of hydrogen-bond acceptors (Lipinski definition) is 5. The number of amides is 2. The molecule has 0 aliphatic rings. The minimum atomic E-state index is -4.23. The molecule has 0 aliphatic carbocycles. The SMILES string of the molecule is CC[C@H](C)NC(=O)[C@H](Cc1ccccc1)N(Cc1ccccc1F)C(=O)CN(c1ccc(C)cc1)S(=O)(=O)c1ccc(SC)cc1. The number of aryl methyl sites for hydroxylation is 1. The Hall–Kier alpha value is -4.15. The maximum absolute atomic E-state index is 15.1. The lowest BCUT2D eigenvalue weighted by molar-refractivity contribution is -0.140. The molecular weight excluding hydrogens is 622 g/mol. The monoisotopic (exact) mass is 661 g/mol. The molecule has 0 bridgehead atoms. The number of nitrogens with one attached hydrogen (secondary N) is 1. The van der Waals surface area contributed by atoms with Gasteiger partial charge in [0.1, 0.15) is 18.4 Å². The molecule has 4 rings (SSSR count). The summed E-state index contributed by atoms with van der Waals surface area (Å²) in [5.41, 5.74) is 2.22. The van der Waals surface area contributed by atoms with Crippen LogP contribution in [0.2, 0.25) is 0 Å². The van der Waals surface area contributed by atoms with Crippen LogP contribution in [0.3, 0.4) is 0 Å². The standard InChI is InChI=1S/C36H40FN3O4S2/c1-5-27(3)38-36(42)34(23-28-11-7-6-8-12-28)39(24-29-13-9-10-14-33(29)37)35(41)25-40(30-17-15-26(2)16-18-30)46(43,44)32-21-19-31(45-4)20-22-32/h6-22,27,34H,5,23-25H2,1-4H3,(H,38,42)/t27-,34-/m0/s1. The predicted octanol–water partition coefficient (Wildman–Crippen LogP) is 6.61. The molecule has 0 saturated heterocycles. The second-order valence-electron chi connectivity index (χ2n) is 11.2. The van der Waals surface area contributed by atoms with E-state index in [2.05, 4.69) is 5.32 Å². The molecule has 0 aliphatic heterocycles. The van der Waals surface area contributed by atoms with Gasteiger partial charge in [0, 0.05) is 29.5 Å². The minimum absolute atomic E-state index is 0.0229. The molecule has 2 amide bonds. The number of rotatable bonds is 14. The molecule has 242 valence electrons. The lowest BCUT2D eigenvalue weighted by Crippen LogP contribution is -2.54. The summed E-state index contributed by atoms with van der Waals surface area (Å²) in [5, 5.41) is 2.98. The molecule has 0 aromatic heterocycles. The van der Waals surface area contributed by atoms with Crippen molar-refractivity contribution >= 4 is 39.3 Å². The van der Waals surface area contributed by atoms with Crippen LogP contribution in [0.15, 0.2) is 113 Å². The summed E-state index contributed by atoms with van der Waals surface area (Å²) in [5.74, 6) is -1.58. The van der Waals surface area contributed by atoms with E-state index in [0.717, 1.165) is 20.3 Å². The third-order valence-electron chi connectivity index (χ3n) is 7.82. The highest BCUT2D eigenvalue weighted by Crippen LogP contribution is 2.27. The van der Waals surface area contributed by atoms with Crippen molar-refractivity contribution in [3.8, 4) is 0 Å². The zero-order chi connectivity index (χ0) is 33.3. The van der Waals surface area contributed by atoms with E-state index in [-0.39, 0.29) is 29.5 Å². The molecule has 0 saturated carbocycles. The van der Waals surface area contributed by atoms with Crippen molar-refractivity contribution in [2.45, 2.75) is 62.0 Å². The number of nitrogens with zero attached hydrogens (tertiary/aromatic N) is 2. The summed E-state index contributed by atoms with van der Waals surface area (Å²) in [4.78, 5) is 30.6. The Kier molecular flexibility index (Phi) is 12.0. The normalized spacial score (nSPS) is 12.6. The summed E-state index contributed by atoms with van der Waals surface area (Å²) >= 11 is 1.49. The summed E-state index contributed by atoms with van der Waals surface area (Å²) in [6.45, 7) is 4.85. The van der Waals surface area contributed by atoms with Gasteiger partial charge in [-0.2, -0.15) is 0 Å². The van der Waals surface area contributed by atoms with E-state index in [4.69, 9.17) is 0 Å². The first-order valence-electron chi connectivity index (χ1n) is 15.1. The Balaban J connectivity index is 1.81. The molecule has 2 atom stereocenters. The van der Waals surface area contributed by atoms with Gasteiger partial charge in [-0.3, -0.25) is 13.9 Å². The molecule has 10 heteroatoms. The van der Waals surface area contributed by atoms with Gasteiger partial charge in [-0.15, -0.1) is 11.8 Å². The van der Waals surface area contributed by atoms with Gasteiger partial charge in [0.15, 0.2) is 0 Å². The number of benzene rings is 4. The molecule has 4 aromatic carbocycles. The van der Waals surface area contributed by atoms with Gasteiger partial charge < -0.3 is 10.2 Å². The van der Waals surface area contributed by atoms with E-state index in [1.807, 2.05) is 57.4 Å². The molecule has 0 unspecified atom stereocenters. The molecule has 0 radical (unpaired) electrons. The molecule has 1 N–H and O–H groups in total. The number of carbonyl (C=O) groups excluding carboxylic acids is 2. The van der Waals surface area contributed by atoms with Crippen molar-refractivity contribution in [1.82, 2.24) is 10.2 Å². The molecule has 0 fully saturated rings. The second-order valence-corrected chi connectivity index (χ2v) is 13.9. The van der Waals surface area contributed by atoms with Crippen LogP contribution < -0.4 is 9.62 Å². The van der Waals surface area contributed by atoms with Crippen molar-refractivity contribution in [2.24, 2.45) is 0 Å². The summed E-state index contributed by atoms with van der Waals surface area (Å²) in [6.07, 6.45) is 2.71. The van der Waals surface area contributed by atoms with Crippen LogP contribution in [0.4, 0.5) is 10.1 Å². The van der Waals surface area contributed by atoms with Crippen LogP contribution in [-0.4, -0.2) is 50.0 Å². The average molecular weight is 662 g/mol. The zero-order valence-electron chi connectivity index (χ0n) is 26.5. The molecule has 0 heterocycles. The zero-order valence-corrected chi connectivity index (χ0v) is 28.2. The second kappa shape index (κ2) is 15.9. The Morgan fingerprint density at radius 3 is 2.13 bits per heavy atom. The van der Waals surface area contributed by atoms with Crippen molar-refractivity contribution in [3.05, 3.63) is 126 Å². The maximum atomic E-state index is 15.1. The van der Waals surface area contributed by atoms with E-state index < -0.39 is 40.2 Å². The number of carbonyl (C=O) groups is 2. The third-order valence-corrected chi connectivity index (χ3v) is 10.4. The van der Waals surface area contributed by atoms with Crippen LogP contribution >= 0.6 is 11.8 Å². The van der Waals surface area contributed by atoms with Crippen LogP contribution in [0, 0.1) is 12.7 Å². The number of hydrogen-bond donors (Lipinski definition) is 1. The Morgan fingerprint density at radius 1 is 0.891 bits per heavy atom. The van der Waals surface area contributed by atoms with Crippen molar-refractivity contribution in [1.29, 1.82) is 0 Å². The van der Waals surface area contributed by atoms with Crippen LogP contribution in [0.5, 0.6) is 0 Å². The van der Waals surface area contributed by atoms with E-state index in [0.29, 0.717) is 12.1 Å². The maximum Gasteiger partial charge on any atom is 0.264 e. The van der Waals surface area contributed by atoms with E-state index in [1.54, 1.807) is 54.6 Å². The fraction of sp³-hybridized carbons (Fsp3) is 0.278. The van der Waals surface area contributed by atoms with Crippen LogP contribution in [0.1, 0.15) is 37.0 Å². The van der Waals surface area contributed by atoms with Gasteiger partial charge >= 0.3 is 0 Å². The van der Waals surface area contributed by atoms with E-state index in [9.17, 15) is 18.0 Å². The van der Waals surface area contributed by atoms with E-state index >= 15 is 4.39 Å². The average Bonchev–Trinajstić information content (AvgIpc) is 3.06. The molecule has 4 aromatic rings. The van der Waals surface area contributed by atoms with Crippen LogP contribution in [-0.2, 0) is 32.6 Å². The number of thioether (sulfide) groups is 1. The fourth-order valence-corrected chi connectivity index (χ4v) is 6.74. The van der Waals surface area contributed by atoms with Gasteiger partial charge in [-0.1, -0.05) is 73.2 Å². The lowest BCUT2D eigenvalue weighted by atomic mass is 10.0. The topological polar surface area (TPSA) is 86.8 Å². The van der Waals surface area contributed by atoms with E-state index in [1.165, 1.54) is 34.9 Å². The first kappa shape index (κ1) is 34.7. The highest BCUT2D eigenvalue weighted by atomic mass is 32.2. The Labute approximate surface area is 275 Å². The molecule has 7 nitrogen and oxygen atoms in total. The number of sulfonamides is 1. The Bertz CT molecular complexity index is 1720. The lowest BCUT2D eigenvalue weighted by Gasteiger charge is -2.34. The number of halogens is 1. The van der Waals surface area contributed by atoms with Gasteiger partial charge in [0.05, 0.1) is 10.6 Å². The summed E-state index contributed by atoms with van der Waals surface area (Å²) in [6, 6.07) is 27.4. The van der Waals surface area contributed by atoms with Gasteiger partial charge in [-0.25, -0.2) is 12.8 Å². The molecule has 0 spiro atoms. The predicted molar refractivity (Wildman–Crippen MR) is 183 cm³/mol. The smallest absolute Gasteiger partial charge is 0.264 e. The van der Waals surface area contributed by atoms with Gasteiger partial charge in [0.2, 0.25) is 11.8 Å². The van der Waals surface area contributed by atoms with Crippen molar-refractivity contribution in [2.75, 3.05) is 17.1 Å². The Morgan fingerprint density at radius 2 is 1.52 bits per heavy atom. The largest absolute Gasteiger partial charge is 0.352 e. The highest BCUT2D eigenvalue weighted by molar-refractivity contribution is 7.98. The van der Waals surface area contributed by atoms with Crippen molar-refractivity contribution in [3.63, 3.8) is 0 Å². The highest BCUT2D eigenvalue weighted by Gasteiger charge is 2.35.